The van der Waals surface area contributed by atoms with Crippen molar-refractivity contribution in [3.8, 4) is 0 Å². The molecule has 0 radical (unpaired) electrons. The third kappa shape index (κ3) is 10.4. The SMILES string of the molecule is CC(C)C[C@H](NC(=O)[C@@H](N)CC(C)C)C(=O)NCC(=O)N[C@@H](Cc1ccccc1)C(=O)O. The molecule has 178 valence electrons. The van der Waals surface area contributed by atoms with Crippen LogP contribution in [0.15, 0.2) is 30.3 Å². The molecule has 9 nitrogen and oxygen atoms in total. The molecule has 0 aromatic heterocycles. The molecule has 0 heterocycles. The lowest BCUT2D eigenvalue weighted by molar-refractivity contribution is -0.141. The molecule has 1 aromatic rings. The maximum Gasteiger partial charge on any atom is 0.326 e. The van der Waals surface area contributed by atoms with Crippen molar-refractivity contribution in [2.45, 2.75) is 65.1 Å². The normalized spacial score (nSPS) is 13.8. The van der Waals surface area contributed by atoms with Gasteiger partial charge in [-0.3, -0.25) is 14.4 Å². The van der Waals surface area contributed by atoms with E-state index in [9.17, 15) is 24.3 Å². The Balaban J connectivity index is 2.66. The van der Waals surface area contributed by atoms with Crippen LogP contribution in [-0.2, 0) is 25.6 Å². The van der Waals surface area contributed by atoms with Gasteiger partial charge in [-0.25, -0.2) is 4.79 Å². The zero-order valence-corrected chi connectivity index (χ0v) is 19.3. The monoisotopic (exact) mass is 448 g/mol. The van der Waals surface area contributed by atoms with Gasteiger partial charge < -0.3 is 26.8 Å². The van der Waals surface area contributed by atoms with E-state index in [0.717, 1.165) is 5.56 Å². The van der Waals surface area contributed by atoms with E-state index in [4.69, 9.17) is 5.73 Å². The third-order valence-electron chi connectivity index (χ3n) is 4.74. The summed E-state index contributed by atoms with van der Waals surface area (Å²) < 4.78 is 0. The molecule has 0 unspecified atom stereocenters. The van der Waals surface area contributed by atoms with E-state index in [1.807, 2.05) is 33.8 Å². The molecule has 0 aliphatic carbocycles. The van der Waals surface area contributed by atoms with Crippen LogP contribution in [-0.4, -0.2) is 53.5 Å². The maximum atomic E-state index is 12.6. The molecule has 0 saturated heterocycles. The van der Waals surface area contributed by atoms with Crippen molar-refractivity contribution in [3.05, 3.63) is 35.9 Å². The molecule has 3 amide bonds. The number of carboxylic acid groups (broad SMARTS) is 1. The Morgan fingerprint density at radius 1 is 0.875 bits per heavy atom. The van der Waals surface area contributed by atoms with Crippen LogP contribution in [0.25, 0.3) is 0 Å². The van der Waals surface area contributed by atoms with Gasteiger partial charge in [-0.15, -0.1) is 0 Å². The highest BCUT2D eigenvalue weighted by molar-refractivity contribution is 5.92. The topological polar surface area (TPSA) is 151 Å². The molecule has 9 heteroatoms. The molecule has 0 saturated carbocycles. The van der Waals surface area contributed by atoms with Crippen LogP contribution in [0.3, 0.4) is 0 Å². The Bertz CT molecular complexity index is 767. The van der Waals surface area contributed by atoms with Gasteiger partial charge in [-0.2, -0.15) is 0 Å². The van der Waals surface area contributed by atoms with Crippen LogP contribution in [0.2, 0.25) is 0 Å². The van der Waals surface area contributed by atoms with E-state index < -0.39 is 48.4 Å². The van der Waals surface area contributed by atoms with Crippen LogP contribution in [0.4, 0.5) is 0 Å². The predicted octanol–water partition coefficient (Wildman–Crippen LogP) is 0.819. The second-order valence-corrected chi connectivity index (χ2v) is 8.79. The van der Waals surface area contributed by atoms with E-state index in [1.165, 1.54) is 0 Å². The summed E-state index contributed by atoms with van der Waals surface area (Å²) in [4.78, 5) is 48.7. The number of carboxylic acids is 1. The zero-order valence-electron chi connectivity index (χ0n) is 19.3. The first-order valence-electron chi connectivity index (χ1n) is 10.9. The lowest BCUT2D eigenvalue weighted by Crippen LogP contribution is -2.54. The average molecular weight is 449 g/mol. The number of carbonyl (C=O) groups is 4. The van der Waals surface area contributed by atoms with Crippen LogP contribution >= 0.6 is 0 Å². The number of rotatable bonds is 13. The Labute approximate surface area is 189 Å². The summed E-state index contributed by atoms with van der Waals surface area (Å²) in [5.41, 5.74) is 6.67. The minimum absolute atomic E-state index is 0.114. The minimum atomic E-state index is -1.17. The highest BCUT2D eigenvalue weighted by Gasteiger charge is 2.26. The maximum absolute atomic E-state index is 12.6. The summed E-state index contributed by atoms with van der Waals surface area (Å²) in [5, 5.41) is 17.0. The van der Waals surface area contributed by atoms with Gasteiger partial charge in [0.05, 0.1) is 12.6 Å². The highest BCUT2D eigenvalue weighted by Crippen LogP contribution is 2.08. The molecule has 32 heavy (non-hydrogen) atoms. The summed E-state index contributed by atoms with van der Waals surface area (Å²) in [6.07, 6.45) is 0.983. The summed E-state index contributed by atoms with van der Waals surface area (Å²) in [6.45, 7) is 7.32. The summed E-state index contributed by atoms with van der Waals surface area (Å²) in [6, 6.07) is 6.24. The lowest BCUT2D eigenvalue weighted by atomic mass is 10.0. The first-order valence-corrected chi connectivity index (χ1v) is 10.9. The quantitative estimate of drug-likeness (QED) is 0.301. The Kier molecular flexibility index (Phi) is 11.4. The van der Waals surface area contributed by atoms with Gasteiger partial charge in [-0.05, 0) is 30.2 Å². The molecule has 1 aromatic carbocycles. The van der Waals surface area contributed by atoms with Crippen molar-refractivity contribution in [2.75, 3.05) is 6.54 Å². The number of carbonyl (C=O) groups excluding carboxylic acids is 3. The lowest BCUT2D eigenvalue weighted by Gasteiger charge is -2.23. The van der Waals surface area contributed by atoms with Crippen LogP contribution < -0.4 is 21.7 Å². The van der Waals surface area contributed by atoms with Gasteiger partial charge in [0.15, 0.2) is 0 Å². The molecular formula is C23H36N4O5. The largest absolute Gasteiger partial charge is 0.480 e. The summed E-state index contributed by atoms with van der Waals surface area (Å²) in [5.74, 6) is -2.39. The number of nitrogens with one attached hydrogen (secondary N) is 3. The number of hydrogen-bond donors (Lipinski definition) is 5. The Morgan fingerprint density at radius 3 is 2.00 bits per heavy atom. The Morgan fingerprint density at radius 2 is 1.47 bits per heavy atom. The fraction of sp³-hybridized carbons (Fsp3) is 0.565. The third-order valence-corrected chi connectivity index (χ3v) is 4.74. The molecule has 0 bridgehead atoms. The van der Waals surface area contributed by atoms with Gasteiger partial charge >= 0.3 is 5.97 Å². The molecule has 0 aliphatic heterocycles. The van der Waals surface area contributed by atoms with Crippen LogP contribution in [0.5, 0.6) is 0 Å². The van der Waals surface area contributed by atoms with Crippen molar-refractivity contribution in [1.29, 1.82) is 0 Å². The van der Waals surface area contributed by atoms with Gasteiger partial charge in [-0.1, -0.05) is 58.0 Å². The number of hydrogen-bond acceptors (Lipinski definition) is 5. The summed E-state index contributed by atoms with van der Waals surface area (Å²) >= 11 is 0. The van der Waals surface area contributed by atoms with Crippen molar-refractivity contribution in [1.82, 2.24) is 16.0 Å². The van der Waals surface area contributed by atoms with Crippen LogP contribution in [0, 0.1) is 11.8 Å². The van der Waals surface area contributed by atoms with Gasteiger partial charge in [0, 0.05) is 6.42 Å². The summed E-state index contributed by atoms with van der Waals surface area (Å²) in [7, 11) is 0. The fourth-order valence-corrected chi connectivity index (χ4v) is 3.18. The molecule has 6 N–H and O–H groups in total. The van der Waals surface area contributed by atoms with Crippen molar-refractivity contribution < 1.29 is 24.3 Å². The zero-order chi connectivity index (χ0) is 24.3. The van der Waals surface area contributed by atoms with E-state index >= 15 is 0 Å². The first-order chi connectivity index (χ1) is 15.0. The minimum Gasteiger partial charge on any atom is -0.480 e. The molecule has 0 spiro atoms. The van der Waals surface area contributed by atoms with E-state index in [2.05, 4.69) is 16.0 Å². The van der Waals surface area contributed by atoms with Crippen molar-refractivity contribution in [3.63, 3.8) is 0 Å². The second kappa shape index (κ2) is 13.5. The fourth-order valence-electron chi connectivity index (χ4n) is 3.18. The van der Waals surface area contributed by atoms with Crippen molar-refractivity contribution in [2.24, 2.45) is 17.6 Å². The molecule has 3 atom stereocenters. The molecular weight excluding hydrogens is 412 g/mol. The number of aliphatic carboxylic acids is 1. The number of nitrogens with two attached hydrogens (primary N) is 1. The predicted molar refractivity (Wildman–Crippen MR) is 122 cm³/mol. The van der Waals surface area contributed by atoms with E-state index in [-0.39, 0.29) is 18.3 Å². The Hall–Kier alpha value is -2.94. The smallest absolute Gasteiger partial charge is 0.326 e. The highest BCUT2D eigenvalue weighted by atomic mass is 16.4. The van der Waals surface area contributed by atoms with Gasteiger partial charge in [0.2, 0.25) is 17.7 Å². The van der Waals surface area contributed by atoms with Gasteiger partial charge in [0.1, 0.15) is 12.1 Å². The number of benzene rings is 1. The molecule has 0 aliphatic rings. The van der Waals surface area contributed by atoms with Crippen molar-refractivity contribution >= 4 is 23.7 Å². The van der Waals surface area contributed by atoms with E-state index in [0.29, 0.717) is 12.8 Å². The first kappa shape index (κ1) is 27.1. The standard InChI is InChI=1S/C23H36N4O5/c1-14(2)10-17(24)21(29)27-18(11-15(3)4)22(30)25-13-20(28)26-19(23(31)32)12-16-8-6-5-7-9-16/h5-9,14-15,17-19H,10-13,24H2,1-4H3,(H,25,30)(H,26,28)(H,27,29)(H,31,32)/t17-,18-,19-/m0/s1. The average Bonchev–Trinajstić information content (AvgIpc) is 2.70. The van der Waals surface area contributed by atoms with Crippen LogP contribution in [0.1, 0.15) is 46.1 Å². The number of amides is 3. The van der Waals surface area contributed by atoms with Gasteiger partial charge in [0.25, 0.3) is 0 Å². The van der Waals surface area contributed by atoms with E-state index in [1.54, 1.807) is 24.3 Å². The molecule has 0 fully saturated rings. The molecule has 1 rings (SSSR count). The second-order valence-electron chi connectivity index (χ2n) is 8.79.